The summed E-state index contributed by atoms with van der Waals surface area (Å²) >= 11 is 1.88. The number of thioether (sulfide) groups is 1. The van der Waals surface area contributed by atoms with Gasteiger partial charge < -0.3 is 9.15 Å². The second-order valence-corrected chi connectivity index (χ2v) is 6.59. The summed E-state index contributed by atoms with van der Waals surface area (Å²) in [5, 5.41) is 0. The lowest BCUT2D eigenvalue weighted by atomic mass is 10.1. The number of esters is 1. The van der Waals surface area contributed by atoms with E-state index in [9.17, 15) is 4.79 Å². The van der Waals surface area contributed by atoms with Crippen LogP contribution in [0.15, 0.2) is 28.7 Å². The first-order valence-electron chi connectivity index (χ1n) is 7.45. The highest BCUT2D eigenvalue weighted by Crippen LogP contribution is 2.30. The molecule has 5 nitrogen and oxygen atoms in total. The third-order valence-corrected chi connectivity index (χ3v) is 5.16. The van der Waals surface area contributed by atoms with Crippen molar-refractivity contribution in [2.45, 2.75) is 25.4 Å². The number of para-hydroxylation sites is 2. The van der Waals surface area contributed by atoms with Gasteiger partial charge in [-0.15, -0.1) is 0 Å². The van der Waals surface area contributed by atoms with E-state index >= 15 is 0 Å². The molecule has 1 aliphatic heterocycles. The monoisotopic (exact) mass is 320 g/mol. The lowest BCUT2D eigenvalue weighted by molar-refractivity contribution is -0.142. The Kier molecular flexibility index (Phi) is 4.69. The van der Waals surface area contributed by atoms with Gasteiger partial charge in [-0.2, -0.15) is 11.8 Å². The molecule has 0 spiro atoms. The largest absolute Gasteiger partial charge is 0.469 e. The summed E-state index contributed by atoms with van der Waals surface area (Å²) in [6.07, 6.45) is 0.411. The van der Waals surface area contributed by atoms with Gasteiger partial charge in [-0.1, -0.05) is 12.1 Å². The average molecular weight is 320 g/mol. The molecule has 2 atom stereocenters. The van der Waals surface area contributed by atoms with Gasteiger partial charge in [0.05, 0.1) is 19.6 Å². The zero-order valence-electron chi connectivity index (χ0n) is 12.8. The number of ether oxygens (including phenoxy) is 1. The molecule has 0 N–H and O–H groups in total. The molecule has 0 saturated carbocycles. The van der Waals surface area contributed by atoms with E-state index in [1.807, 2.05) is 36.0 Å². The van der Waals surface area contributed by atoms with Crippen LogP contribution in [0.4, 0.5) is 0 Å². The van der Waals surface area contributed by atoms with Crippen molar-refractivity contribution in [3.63, 3.8) is 0 Å². The van der Waals surface area contributed by atoms with Crippen molar-refractivity contribution in [3.8, 4) is 0 Å². The molecule has 2 heterocycles. The maximum atomic E-state index is 11.6. The Balaban J connectivity index is 1.81. The van der Waals surface area contributed by atoms with E-state index in [1.54, 1.807) is 0 Å². The maximum Gasteiger partial charge on any atom is 0.307 e. The predicted octanol–water partition coefficient (Wildman–Crippen LogP) is 2.87. The van der Waals surface area contributed by atoms with Crippen molar-refractivity contribution in [2.75, 3.05) is 25.2 Å². The van der Waals surface area contributed by atoms with Crippen LogP contribution in [0.25, 0.3) is 11.1 Å². The molecule has 2 aromatic rings. The number of carbonyl (C=O) groups excluding carboxylic acids is 1. The van der Waals surface area contributed by atoms with Gasteiger partial charge in [0.15, 0.2) is 5.58 Å². The van der Waals surface area contributed by atoms with Crippen LogP contribution in [0, 0.1) is 0 Å². The Morgan fingerprint density at radius 2 is 2.36 bits per heavy atom. The second kappa shape index (κ2) is 6.71. The van der Waals surface area contributed by atoms with Crippen LogP contribution in [-0.2, 0) is 9.53 Å². The molecule has 0 amide bonds. The van der Waals surface area contributed by atoms with Gasteiger partial charge in [0, 0.05) is 24.1 Å². The van der Waals surface area contributed by atoms with E-state index in [0.717, 1.165) is 29.2 Å². The second-order valence-electron chi connectivity index (χ2n) is 5.44. The highest BCUT2D eigenvalue weighted by Gasteiger charge is 2.31. The highest BCUT2D eigenvalue weighted by atomic mass is 32.2. The Morgan fingerprint density at radius 3 is 3.14 bits per heavy atom. The summed E-state index contributed by atoms with van der Waals surface area (Å²) in [7, 11) is 1.44. The lowest BCUT2D eigenvalue weighted by Crippen LogP contribution is -2.45. The Labute approximate surface area is 134 Å². The van der Waals surface area contributed by atoms with Crippen LogP contribution in [0.3, 0.4) is 0 Å². The lowest BCUT2D eigenvalue weighted by Gasteiger charge is -2.37. The molecule has 3 rings (SSSR count). The van der Waals surface area contributed by atoms with Gasteiger partial charge in [0.1, 0.15) is 5.52 Å². The molecule has 22 heavy (non-hydrogen) atoms. The quantitative estimate of drug-likeness (QED) is 0.808. The van der Waals surface area contributed by atoms with Crippen LogP contribution < -0.4 is 0 Å². The fourth-order valence-corrected chi connectivity index (χ4v) is 3.93. The third kappa shape index (κ3) is 3.13. The predicted molar refractivity (Wildman–Crippen MR) is 86.9 cm³/mol. The van der Waals surface area contributed by atoms with E-state index in [0.29, 0.717) is 12.3 Å². The summed E-state index contributed by atoms with van der Waals surface area (Å²) in [5.41, 5.74) is 1.68. The molecule has 1 aromatic heterocycles. The SMILES string of the molecule is COC(=O)C[C@@H]1CSCCN1[C@H](C)c1nc2ccccc2o1. The molecule has 0 aliphatic carbocycles. The van der Waals surface area contributed by atoms with Crippen molar-refractivity contribution < 1.29 is 13.9 Å². The van der Waals surface area contributed by atoms with Crippen molar-refractivity contribution >= 4 is 28.8 Å². The average Bonchev–Trinajstić information content (AvgIpc) is 2.98. The van der Waals surface area contributed by atoms with Crippen LogP contribution in [0.2, 0.25) is 0 Å². The normalized spacial score (nSPS) is 20.9. The van der Waals surface area contributed by atoms with Crippen LogP contribution in [-0.4, -0.2) is 47.1 Å². The fourth-order valence-electron chi connectivity index (χ4n) is 2.84. The zero-order valence-corrected chi connectivity index (χ0v) is 13.6. The first kappa shape index (κ1) is 15.4. The van der Waals surface area contributed by atoms with Crippen molar-refractivity contribution in [2.24, 2.45) is 0 Å². The minimum absolute atomic E-state index is 0.0444. The maximum absolute atomic E-state index is 11.6. The summed E-state index contributed by atoms with van der Waals surface area (Å²) in [6, 6.07) is 7.99. The molecular weight excluding hydrogens is 300 g/mol. The first-order valence-corrected chi connectivity index (χ1v) is 8.60. The smallest absolute Gasteiger partial charge is 0.307 e. The minimum Gasteiger partial charge on any atom is -0.469 e. The van der Waals surface area contributed by atoms with Gasteiger partial charge in [-0.3, -0.25) is 9.69 Å². The van der Waals surface area contributed by atoms with Gasteiger partial charge in [0.25, 0.3) is 0 Å². The van der Waals surface area contributed by atoms with E-state index < -0.39 is 0 Å². The van der Waals surface area contributed by atoms with E-state index in [-0.39, 0.29) is 18.1 Å². The van der Waals surface area contributed by atoms with E-state index in [1.165, 1.54) is 7.11 Å². The van der Waals surface area contributed by atoms with Crippen LogP contribution in [0.1, 0.15) is 25.3 Å². The van der Waals surface area contributed by atoms with Crippen molar-refractivity contribution in [1.29, 1.82) is 0 Å². The topological polar surface area (TPSA) is 55.6 Å². The Bertz CT molecular complexity index is 625. The van der Waals surface area contributed by atoms with Gasteiger partial charge in [-0.25, -0.2) is 4.98 Å². The van der Waals surface area contributed by atoms with Crippen molar-refractivity contribution in [1.82, 2.24) is 9.88 Å². The molecule has 0 radical (unpaired) electrons. The Morgan fingerprint density at radius 1 is 1.55 bits per heavy atom. The van der Waals surface area contributed by atoms with E-state index in [4.69, 9.17) is 9.15 Å². The Hall–Kier alpha value is -1.53. The number of aromatic nitrogens is 1. The number of oxazole rings is 1. The fraction of sp³-hybridized carbons (Fsp3) is 0.500. The number of nitrogens with zero attached hydrogens (tertiary/aromatic N) is 2. The highest BCUT2D eigenvalue weighted by molar-refractivity contribution is 7.99. The number of benzene rings is 1. The number of carbonyl (C=O) groups is 1. The van der Waals surface area contributed by atoms with Crippen molar-refractivity contribution in [3.05, 3.63) is 30.2 Å². The molecule has 6 heteroatoms. The number of hydrogen-bond acceptors (Lipinski definition) is 6. The molecule has 0 unspecified atom stereocenters. The molecule has 1 aromatic carbocycles. The van der Waals surface area contributed by atoms with Crippen LogP contribution >= 0.6 is 11.8 Å². The molecule has 1 saturated heterocycles. The summed E-state index contributed by atoms with van der Waals surface area (Å²) in [4.78, 5) is 18.5. The zero-order chi connectivity index (χ0) is 15.5. The summed E-state index contributed by atoms with van der Waals surface area (Å²) in [6.45, 7) is 3.01. The van der Waals surface area contributed by atoms with Gasteiger partial charge >= 0.3 is 5.97 Å². The molecule has 118 valence electrons. The minimum atomic E-state index is -0.165. The number of hydrogen-bond donors (Lipinski definition) is 0. The van der Waals surface area contributed by atoms with Gasteiger partial charge in [0.2, 0.25) is 5.89 Å². The molecule has 1 aliphatic rings. The molecule has 1 fully saturated rings. The number of methoxy groups -OCH3 is 1. The van der Waals surface area contributed by atoms with Gasteiger partial charge in [-0.05, 0) is 19.1 Å². The number of rotatable bonds is 4. The standard InChI is InChI=1S/C16H20N2O3S/c1-11(16-17-13-5-3-4-6-14(13)21-16)18-7-8-22-10-12(18)9-15(19)20-2/h3-6,11-12H,7-10H2,1-2H3/t11-,12-/m1/s1. The third-order valence-electron chi connectivity index (χ3n) is 4.07. The summed E-state index contributed by atoms with van der Waals surface area (Å²) < 4.78 is 10.7. The van der Waals surface area contributed by atoms with E-state index in [2.05, 4.69) is 16.8 Å². The number of fused-ring (bicyclic) bond motifs is 1. The van der Waals surface area contributed by atoms with Crippen LogP contribution in [0.5, 0.6) is 0 Å². The first-order chi connectivity index (χ1) is 10.7. The molecule has 0 bridgehead atoms. The summed E-state index contributed by atoms with van der Waals surface area (Å²) in [5.74, 6) is 2.53. The molecular formula is C16H20N2O3S.